The normalized spacial score (nSPS) is 10.8. The van der Waals surface area contributed by atoms with E-state index in [0.29, 0.717) is 11.4 Å². The summed E-state index contributed by atoms with van der Waals surface area (Å²) in [4.78, 5) is 22.7. The number of nitrogens with zero attached hydrogens (tertiary/aromatic N) is 2. The van der Waals surface area contributed by atoms with Crippen molar-refractivity contribution in [2.75, 3.05) is 11.1 Å². The fourth-order valence-corrected chi connectivity index (χ4v) is 2.32. The molecule has 2 heterocycles. The monoisotopic (exact) mass is 321 g/mol. The first kappa shape index (κ1) is 13.7. The average molecular weight is 322 g/mol. The third-order valence-electron chi connectivity index (χ3n) is 2.80. The van der Waals surface area contributed by atoms with E-state index in [0.717, 1.165) is 10.9 Å². The van der Waals surface area contributed by atoms with E-state index in [-0.39, 0.29) is 22.2 Å². The second kappa shape index (κ2) is 5.23. The number of anilines is 2. The number of carbonyl (C=O) groups excluding carboxylic acids is 1. The number of aromatic amines is 1. The van der Waals surface area contributed by atoms with E-state index in [2.05, 4.69) is 20.3 Å². The molecule has 0 fully saturated rings. The van der Waals surface area contributed by atoms with Crippen molar-refractivity contribution in [1.29, 1.82) is 0 Å². The lowest BCUT2D eigenvalue weighted by Gasteiger charge is -2.03. The van der Waals surface area contributed by atoms with Crippen molar-refractivity contribution in [3.63, 3.8) is 0 Å². The highest BCUT2D eigenvalue weighted by atomic mass is 35.5. The summed E-state index contributed by atoms with van der Waals surface area (Å²) in [7, 11) is 0. The number of hydrogen-bond donors (Lipinski definition) is 3. The fraction of sp³-hybridized carbons (Fsp3) is 0. The van der Waals surface area contributed by atoms with Gasteiger partial charge in [0, 0.05) is 22.7 Å². The van der Waals surface area contributed by atoms with E-state index in [1.54, 1.807) is 24.3 Å². The van der Waals surface area contributed by atoms with Crippen LogP contribution in [0.4, 0.5) is 11.5 Å². The number of nitrogens with one attached hydrogen (secondary N) is 2. The number of hydrogen-bond acceptors (Lipinski definition) is 4. The summed E-state index contributed by atoms with van der Waals surface area (Å²) in [6, 6.07) is 8.45. The van der Waals surface area contributed by atoms with Crippen LogP contribution < -0.4 is 11.1 Å². The molecule has 0 saturated heterocycles. The Balaban J connectivity index is 1.89. The molecular weight excluding hydrogens is 313 g/mol. The van der Waals surface area contributed by atoms with E-state index >= 15 is 0 Å². The molecule has 2 aromatic heterocycles. The minimum Gasteiger partial charge on any atom is -0.399 e. The van der Waals surface area contributed by atoms with Crippen LogP contribution in [0, 0.1) is 0 Å². The highest BCUT2D eigenvalue weighted by Crippen LogP contribution is 2.20. The second-order valence-electron chi connectivity index (χ2n) is 4.33. The van der Waals surface area contributed by atoms with Crippen LogP contribution in [-0.4, -0.2) is 20.9 Å². The molecule has 0 unspecified atom stereocenters. The Labute approximate surface area is 129 Å². The van der Waals surface area contributed by atoms with Crippen LogP contribution in [-0.2, 0) is 0 Å². The molecular formula is C13H9Cl2N5O. The summed E-state index contributed by atoms with van der Waals surface area (Å²) in [5.74, 6) is -0.140. The highest BCUT2D eigenvalue weighted by Gasteiger charge is 2.11. The summed E-state index contributed by atoms with van der Waals surface area (Å²) >= 11 is 11.4. The first-order valence-electron chi connectivity index (χ1n) is 5.91. The van der Waals surface area contributed by atoms with Crippen molar-refractivity contribution in [2.45, 2.75) is 0 Å². The van der Waals surface area contributed by atoms with Gasteiger partial charge in [-0.25, -0.2) is 9.97 Å². The Morgan fingerprint density at radius 1 is 1.19 bits per heavy atom. The van der Waals surface area contributed by atoms with Gasteiger partial charge in [-0.15, -0.1) is 0 Å². The lowest BCUT2D eigenvalue weighted by Crippen LogP contribution is -2.13. The Hall–Kier alpha value is -2.31. The molecule has 0 radical (unpaired) electrons. The van der Waals surface area contributed by atoms with Crippen LogP contribution in [0.15, 0.2) is 30.3 Å². The van der Waals surface area contributed by atoms with Crippen LogP contribution in [0.5, 0.6) is 0 Å². The summed E-state index contributed by atoms with van der Waals surface area (Å²) in [5.41, 5.74) is 7.52. The third-order valence-corrected chi connectivity index (χ3v) is 3.16. The molecule has 0 atom stereocenters. The van der Waals surface area contributed by atoms with Gasteiger partial charge in [-0.05, 0) is 35.9 Å². The first-order valence-corrected chi connectivity index (χ1v) is 6.66. The van der Waals surface area contributed by atoms with Gasteiger partial charge in [0.2, 0.25) is 5.28 Å². The maximum Gasteiger partial charge on any atom is 0.273 e. The molecule has 106 valence electrons. The van der Waals surface area contributed by atoms with Crippen molar-refractivity contribution in [2.24, 2.45) is 0 Å². The number of amides is 1. The van der Waals surface area contributed by atoms with Gasteiger partial charge in [0.25, 0.3) is 5.91 Å². The van der Waals surface area contributed by atoms with Gasteiger partial charge in [0.15, 0.2) is 0 Å². The highest BCUT2D eigenvalue weighted by molar-refractivity contribution is 6.32. The number of halogens is 2. The van der Waals surface area contributed by atoms with Gasteiger partial charge in [-0.3, -0.25) is 4.79 Å². The molecule has 0 spiro atoms. The minimum atomic E-state index is -0.365. The zero-order valence-electron chi connectivity index (χ0n) is 10.5. The zero-order valence-corrected chi connectivity index (χ0v) is 12.0. The number of aromatic nitrogens is 3. The molecule has 3 rings (SSSR count). The number of fused-ring (bicyclic) bond motifs is 1. The smallest absolute Gasteiger partial charge is 0.273 e. The molecule has 0 aliphatic heterocycles. The fourth-order valence-electron chi connectivity index (χ4n) is 1.91. The standard InChI is InChI=1S/C13H9Cl2N5O/c14-10-5-11(20-13(15)18-10)19-12(21)9-4-6-3-7(16)1-2-8(6)17-9/h1-5,17H,16H2,(H,18,19,20,21). The van der Waals surface area contributed by atoms with Crippen LogP contribution in [0.3, 0.4) is 0 Å². The number of rotatable bonds is 2. The molecule has 1 amide bonds. The van der Waals surface area contributed by atoms with Gasteiger partial charge in [0.05, 0.1) is 0 Å². The summed E-state index contributed by atoms with van der Waals surface area (Å²) < 4.78 is 0. The summed E-state index contributed by atoms with van der Waals surface area (Å²) in [6.07, 6.45) is 0. The Morgan fingerprint density at radius 2 is 2.00 bits per heavy atom. The van der Waals surface area contributed by atoms with Gasteiger partial charge >= 0.3 is 0 Å². The first-order chi connectivity index (χ1) is 10.0. The van der Waals surface area contributed by atoms with E-state index in [4.69, 9.17) is 28.9 Å². The molecule has 1 aromatic carbocycles. The van der Waals surface area contributed by atoms with E-state index in [1.165, 1.54) is 6.07 Å². The molecule has 8 heteroatoms. The maximum absolute atomic E-state index is 12.2. The number of carbonyl (C=O) groups is 1. The molecule has 0 aliphatic rings. The third kappa shape index (κ3) is 2.91. The van der Waals surface area contributed by atoms with Crippen molar-refractivity contribution in [3.8, 4) is 0 Å². The SMILES string of the molecule is Nc1ccc2[nH]c(C(=O)Nc3cc(Cl)nc(Cl)n3)cc2c1. The number of H-pyrrole nitrogens is 1. The predicted octanol–water partition coefficient (Wildman–Crippen LogP) is 3.10. The Kier molecular flexibility index (Phi) is 3.40. The van der Waals surface area contributed by atoms with Gasteiger partial charge in [0.1, 0.15) is 16.7 Å². The van der Waals surface area contributed by atoms with Gasteiger partial charge in [-0.2, -0.15) is 0 Å². The molecule has 0 bridgehead atoms. The van der Waals surface area contributed by atoms with Gasteiger partial charge < -0.3 is 16.0 Å². The molecule has 0 saturated carbocycles. The Bertz CT molecular complexity index is 825. The van der Waals surface area contributed by atoms with Crippen LogP contribution in [0.2, 0.25) is 10.4 Å². The van der Waals surface area contributed by atoms with Crippen molar-refractivity contribution < 1.29 is 4.79 Å². The van der Waals surface area contributed by atoms with Crippen LogP contribution in [0.1, 0.15) is 10.5 Å². The van der Waals surface area contributed by atoms with E-state index in [1.807, 2.05) is 0 Å². The second-order valence-corrected chi connectivity index (χ2v) is 5.05. The van der Waals surface area contributed by atoms with Crippen LogP contribution in [0.25, 0.3) is 10.9 Å². The number of nitrogen functional groups attached to an aromatic ring is 1. The number of nitrogens with two attached hydrogens (primary N) is 1. The largest absolute Gasteiger partial charge is 0.399 e. The molecule has 6 nitrogen and oxygen atoms in total. The average Bonchev–Trinajstić information content (AvgIpc) is 2.80. The number of benzene rings is 1. The van der Waals surface area contributed by atoms with Gasteiger partial charge in [-0.1, -0.05) is 11.6 Å². The lowest BCUT2D eigenvalue weighted by atomic mass is 10.2. The van der Waals surface area contributed by atoms with E-state index in [9.17, 15) is 4.79 Å². The summed E-state index contributed by atoms with van der Waals surface area (Å²) in [5, 5.41) is 3.55. The Morgan fingerprint density at radius 3 is 2.76 bits per heavy atom. The van der Waals surface area contributed by atoms with Crippen molar-refractivity contribution in [1.82, 2.24) is 15.0 Å². The van der Waals surface area contributed by atoms with E-state index < -0.39 is 0 Å². The lowest BCUT2D eigenvalue weighted by molar-refractivity contribution is 0.102. The topological polar surface area (TPSA) is 96.7 Å². The predicted molar refractivity (Wildman–Crippen MR) is 82.7 cm³/mol. The van der Waals surface area contributed by atoms with Crippen molar-refractivity contribution >= 4 is 51.5 Å². The minimum absolute atomic E-state index is 0.0396. The molecule has 3 aromatic rings. The van der Waals surface area contributed by atoms with Crippen LogP contribution >= 0.6 is 23.2 Å². The quantitative estimate of drug-likeness (QED) is 0.384. The maximum atomic E-state index is 12.2. The van der Waals surface area contributed by atoms with Crippen molar-refractivity contribution in [3.05, 3.63) is 46.5 Å². The zero-order chi connectivity index (χ0) is 15.0. The molecule has 4 N–H and O–H groups in total. The molecule has 0 aliphatic carbocycles. The molecule has 21 heavy (non-hydrogen) atoms. The summed E-state index contributed by atoms with van der Waals surface area (Å²) in [6.45, 7) is 0.